The molecule has 0 unspecified atom stereocenters. The van der Waals surface area contributed by atoms with Crippen LogP contribution in [-0.2, 0) is 4.74 Å². The molecule has 0 spiro atoms. The molecule has 4 aromatic rings. The summed E-state index contributed by atoms with van der Waals surface area (Å²) in [6.45, 7) is 2.19. The van der Waals surface area contributed by atoms with Gasteiger partial charge >= 0.3 is 6.61 Å². The van der Waals surface area contributed by atoms with E-state index in [4.69, 9.17) is 19.2 Å². The van der Waals surface area contributed by atoms with Crippen LogP contribution in [0.2, 0.25) is 0 Å². The maximum Gasteiger partial charge on any atom is 0.345 e. The number of hydrogen-bond donors (Lipinski definition) is 0. The third-order valence-electron chi connectivity index (χ3n) is 7.17. The second kappa shape index (κ2) is 9.59. The predicted molar refractivity (Wildman–Crippen MR) is 129 cm³/mol. The number of alkyl halides is 4. The highest BCUT2D eigenvalue weighted by molar-refractivity contribution is 6.09. The van der Waals surface area contributed by atoms with Crippen LogP contribution in [0.4, 0.5) is 17.6 Å². The zero-order chi connectivity index (χ0) is 26.5. The molecule has 1 fully saturated rings. The summed E-state index contributed by atoms with van der Waals surface area (Å²) in [4.78, 5) is 9.52. The number of imidazole rings is 1. The van der Waals surface area contributed by atoms with Gasteiger partial charge < -0.3 is 18.6 Å². The van der Waals surface area contributed by atoms with Gasteiger partial charge in [0.25, 0.3) is 0 Å². The molecule has 5 rings (SSSR count). The second-order valence-electron chi connectivity index (χ2n) is 9.64. The minimum Gasteiger partial charge on any atom is -0.496 e. The Hall–Kier alpha value is -3.21. The Morgan fingerprint density at radius 2 is 1.89 bits per heavy atom. The molecule has 3 aromatic heterocycles. The van der Waals surface area contributed by atoms with Crippen LogP contribution in [0.5, 0.6) is 5.75 Å². The molecule has 1 aliphatic rings. The van der Waals surface area contributed by atoms with Crippen LogP contribution >= 0.6 is 0 Å². The van der Waals surface area contributed by atoms with E-state index >= 15 is 0 Å². The van der Waals surface area contributed by atoms with Crippen LogP contribution in [0.25, 0.3) is 33.1 Å². The highest BCUT2D eigenvalue weighted by Crippen LogP contribution is 2.45. The fourth-order valence-electron chi connectivity index (χ4n) is 5.42. The van der Waals surface area contributed by atoms with Crippen molar-refractivity contribution in [1.29, 1.82) is 0 Å². The van der Waals surface area contributed by atoms with Gasteiger partial charge in [0.15, 0.2) is 0 Å². The highest BCUT2D eigenvalue weighted by atomic mass is 19.3. The summed E-state index contributed by atoms with van der Waals surface area (Å²) >= 11 is 0. The lowest BCUT2D eigenvalue weighted by atomic mass is 9.86. The van der Waals surface area contributed by atoms with Gasteiger partial charge in [-0.25, -0.2) is 13.8 Å². The van der Waals surface area contributed by atoms with Gasteiger partial charge in [-0.05, 0) is 45.7 Å². The third kappa shape index (κ3) is 4.54. The second-order valence-corrected chi connectivity index (χ2v) is 9.64. The highest BCUT2D eigenvalue weighted by Gasteiger charge is 2.38. The van der Waals surface area contributed by atoms with E-state index in [1.165, 1.54) is 0 Å². The van der Waals surface area contributed by atoms with Gasteiger partial charge in [0, 0.05) is 24.1 Å². The quantitative estimate of drug-likeness (QED) is 0.245. The standard InChI is InChI=1S/C26H28F4N4O3/c1-13(12-36-25(27)28)34-23-17-5-6-19(35-4)21(20-14(2)33-37-15(20)3)22(17)31-11-18(23)32-24(34)16-7-9-26(29,30)10-8-16/h5-6,11,13,16,25H,7-10,12H2,1-4H3/t13-/m1/s1. The molecule has 0 N–H and O–H groups in total. The van der Waals surface area contributed by atoms with Gasteiger partial charge in [-0.1, -0.05) is 5.16 Å². The molecule has 7 nitrogen and oxygen atoms in total. The fourth-order valence-corrected chi connectivity index (χ4v) is 5.42. The summed E-state index contributed by atoms with van der Waals surface area (Å²) in [5.41, 5.74) is 3.95. The number of aromatic nitrogens is 4. The zero-order valence-electron chi connectivity index (χ0n) is 21.0. The van der Waals surface area contributed by atoms with Crippen molar-refractivity contribution in [1.82, 2.24) is 19.7 Å². The molecular weight excluding hydrogens is 492 g/mol. The summed E-state index contributed by atoms with van der Waals surface area (Å²) in [5, 5.41) is 4.80. The molecule has 1 aliphatic carbocycles. The first kappa shape index (κ1) is 25.4. The maximum atomic E-state index is 13.9. The smallest absolute Gasteiger partial charge is 0.345 e. The molecule has 1 atom stereocenters. The lowest BCUT2D eigenvalue weighted by molar-refractivity contribution is -0.135. The Kier molecular flexibility index (Phi) is 6.59. The minimum absolute atomic E-state index is 0.239. The SMILES string of the molecule is COc1ccc2c(ncc3nc(C4CCC(F)(F)CC4)n([C@H](C)COC(F)F)c32)c1-c1c(C)noc1C. The van der Waals surface area contributed by atoms with Crippen LogP contribution < -0.4 is 4.74 Å². The molecule has 1 saturated carbocycles. The predicted octanol–water partition coefficient (Wildman–Crippen LogP) is 6.96. The normalized spacial score (nSPS) is 17.2. The van der Waals surface area contributed by atoms with Gasteiger partial charge in [0.05, 0.1) is 53.8 Å². The van der Waals surface area contributed by atoms with Crippen molar-refractivity contribution in [3.8, 4) is 16.9 Å². The Morgan fingerprint density at radius 1 is 1.16 bits per heavy atom. The van der Waals surface area contributed by atoms with Crippen molar-refractivity contribution in [3.05, 3.63) is 35.6 Å². The number of methoxy groups -OCH3 is 1. The summed E-state index contributed by atoms with van der Waals surface area (Å²) < 4.78 is 71.3. The zero-order valence-corrected chi connectivity index (χ0v) is 21.0. The number of rotatable bonds is 7. The van der Waals surface area contributed by atoms with Crippen molar-refractivity contribution in [2.24, 2.45) is 0 Å². The average Bonchev–Trinajstić information content (AvgIpc) is 3.41. The first-order chi connectivity index (χ1) is 17.6. The molecule has 1 aromatic carbocycles. The van der Waals surface area contributed by atoms with Crippen molar-refractivity contribution < 1.29 is 31.6 Å². The van der Waals surface area contributed by atoms with Gasteiger partial charge in [0.2, 0.25) is 5.92 Å². The van der Waals surface area contributed by atoms with E-state index in [-0.39, 0.29) is 38.2 Å². The molecule has 3 heterocycles. The number of benzene rings is 1. The third-order valence-corrected chi connectivity index (χ3v) is 7.17. The van der Waals surface area contributed by atoms with Crippen LogP contribution in [0, 0.1) is 13.8 Å². The molecule has 0 bridgehead atoms. The van der Waals surface area contributed by atoms with E-state index in [0.29, 0.717) is 45.1 Å². The molecule has 0 radical (unpaired) electrons. The number of aryl methyl sites for hydroxylation is 2. The van der Waals surface area contributed by atoms with Crippen molar-refractivity contribution >= 4 is 21.9 Å². The van der Waals surface area contributed by atoms with E-state index in [1.807, 2.05) is 23.6 Å². The maximum absolute atomic E-state index is 13.9. The van der Waals surface area contributed by atoms with Crippen LogP contribution in [0.15, 0.2) is 22.9 Å². The number of fused-ring (bicyclic) bond motifs is 3. The first-order valence-electron chi connectivity index (χ1n) is 12.2. The molecule has 37 heavy (non-hydrogen) atoms. The minimum atomic E-state index is -2.93. The summed E-state index contributed by atoms with van der Waals surface area (Å²) in [7, 11) is 1.56. The lowest BCUT2D eigenvalue weighted by Crippen LogP contribution is -2.26. The van der Waals surface area contributed by atoms with Gasteiger partial charge in [0.1, 0.15) is 22.9 Å². The van der Waals surface area contributed by atoms with Crippen LogP contribution in [0.3, 0.4) is 0 Å². The van der Waals surface area contributed by atoms with Gasteiger partial charge in [-0.3, -0.25) is 4.98 Å². The van der Waals surface area contributed by atoms with Crippen molar-refractivity contribution in [3.63, 3.8) is 0 Å². The van der Waals surface area contributed by atoms with E-state index in [1.54, 1.807) is 27.2 Å². The number of nitrogens with zero attached hydrogens (tertiary/aromatic N) is 4. The average molecular weight is 521 g/mol. The number of hydrogen-bond acceptors (Lipinski definition) is 6. The topological polar surface area (TPSA) is 75.2 Å². The molecule has 0 saturated heterocycles. The van der Waals surface area contributed by atoms with Crippen molar-refractivity contribution in [2.45, 2.75) is 70.9 Å². The summed E-state index contributed by atoms with van der Waals surface area (Å²) in [6, 6.07) is 3.12. The monoisotopic (exact) mass is 520 g/mol. The van der Waals surface area contributed by atoms with E-state index < -0.39 is 18.6 Å². The number of halogens is 4. The summed E-state index contributed by atoms with van der Waals surface area (Å²) in [5.74, 6) is -1.19. The first-order valence-corrected chi connectivity index (χ1v) is 12.2. The van der Waals surface area contributed by atoms with Crippen LogP contribution in [-0.4, -0.2) is 45.9 Å². The van der Waals surface area contributed by atoms with E-state index in [0.717, 1.165) is 10.9 Å². The largest absolute Gasteiger partial charge is 0.496 e. The Morgan fingerprint density at radius 3 is 2.51 bits per heavy atom. The molecule has 0 aliphatic heterocycles. The van der Waals surface area contributed by atoms with E-state index in [9.17, 15) is 17.6 Å². The molecule has 0 amide bonds. The van der Waals surface area contributed by atoms with Gasteiger partial charge in [-0.2, -0.15) is 8.78 Å². The molecule has 198 valence electrons. The fraction of sp³-hybridized carbons (Fsp3) is 0.500. The number of ether oxygens (including phenoxy) is 2. The molecular formula is C26H28F4N4O3. The Balaban J connectivity index is 1.76. The van der Waals surface area contributed by atoms with Gasteiger partial charge in [-0.15, -0.1) is 0 Å². The molecule has 11 heteroatoms. The van der Waals surface area contributed by atoms with Crippen LogP contribution in [0.1, 0.15) is 61.8 Å². The van der Waals surface area contributed by atoms with Crippen molar-refractivity contribution in [2.75, 3.05) is 13.7 Å². The Bertz CT molecular complexity index is 1420. The lowest BCUT2D eigenvalue weighted by Gasteiger charge is -2.29. The number of pyridine rings is 1. The van der Waals surface area contributed by atoms with E-state index in [2.05, 4.69) is 9.89 Å². The summed E-state index contributed by atoms with van der Waals surface area (Å²) in [6.07, 6.45) is 1.64. The Labute approximate surface area is 210 Å².